The Hall–Kier alpha value is -2.86. The van der Waals surface area contributed by atoms with Crippen molar-refractivity contribution in [3.8, 4) is 5.75 Å². The first kappa shape index (κ1) is 20.9. The number of hydrogen-bond acceptors (Lipinski definition) is 5. The number of hydrogen-bond donors (Lipinski definition) is 1. The van der Waals surface area contributed by atoms with Crippen LogP contribution in [-0.2, 0) is 16.1 Å². The number of nitrogens with one attached hydrogen (secondary N) is 1. The van der Waals surface area contributed by atoms with Crippen LogP contribution in [0.25, 0.3) is 0 Å². The molecule has 154 valence electrons. The van der Waals surface area contributed by atoms with Gasteiger partial charge in [0.05, 0.1) is 12.7 Å². The van der Waals surface area contributed by atoms with Gasteiger partial charge < -0.3 is 14.8 Å². The molecule has 0 aliphatic carbocycles. The van der Waals surface area contributed by atoms with E-state index in [1.165, 1.54) is 24.8 Å². The summed E-state index contributed by atoms with van der Waals surface area (Å²) >= 11 is 0. The molecule has 1 aliphatic rings. The quantitative estimate of drug-likeness (QED) is 0.720. The molecule has 1 heterocycles. The lowest BCUT2D eigenvalue weighted by Gasteiger charge is -2.26. The molecule has 29 heavy (non-hydrogen) atoms. The Labute approximate surface area is 171 Å². The number of nitrogens with zero attached hydrogens (tertiary/aromatic N) is 1. The van der Waals surface area contributed by atoms with Gasteiger partial charge in [-0.1, -0.05) is 18.6 Å². The van der Waals surface area contributed by atoms with Gasteiger partial charge in [-0.05, 0) is 74.8 Å². The van der Waals surface area contributed by atoms with Crippen LogP contribution in [0.2, 0.25) is 0 Å². The summed E-state index contributed by atoms with van der Waals surface area (Å²) in [4.78, 5) is 27.1. The molecule has 6 nitrogen and oxygen atoms in total. The fourth-order valence-electron chi connectivity index (χ4n) is 3.32. The number of benzene rings is 2. The second kappa shape index (κ2) is 10.1. The Morgan fingerprint density at radius 1 is 1.00 bits per heavy atom. The fraction of sp³-hybridized carbons (Fsp3) is 0.391. The Morgan fingerprint density at radius 3 is 2.28 bits per heavy atom. The number of esters is 1. The molecule has 0 saturated carbocycles. The highest BCUT2D eigenvalue weighted by Crippen LogP contribution is 2.16. The number of anilines is 1. The Balaban J connectivity index is 1.50. The van der Waals surface area contributed by atoms with Crippen molar-refractivity contribution in [2.75, 3.05) is 25.5 Å². The van der Waals surface area contributed by atoms with Crippen molar-refractivity contribution in [2.24, 2.45) is 0 Å². The van der Waals surface area contributed by atoms with Crippen LogP contribution in [0, 0.1) is 0 Å². The zero-order chi connectivity index (χ0) is 20.6. The lowest BCUT2D eigenvalue weighted by Crippen LogP contribution is -2.30. The van der Waals surface area contributed by atoms with Gasteiger partial charge in [-0.3, -0.25) is 9.69 Å². The number of ether oxygens (including phenoxy) is 2. The predicted octanol–water partition coefficient (Wildman–Crippen LogP) is 3.87. The van der Waals surface area contributed by atoms with Crippen molar-refractivity contribution in [1.29, 1.82) is 0 Å². The van der Waals surface area contributed by atoms with Gasteiger partial charge in [0.25, 0.3) is 5.91 Å². The van der Waals surface area contributed by atoms with Gasteiger partial charge in [0.1, 0.15) is 5.75 Å². The van der Waals surface area contributed by atoms with Gasteiger partial charge in [0, 0.05) is 12.2 Å². The second-order valence-electron chi connectivity index (χ2n) is 7.30. The number of likely N-dealkylation sites (tertiary alicyclic amines) is 1. The van der Waals surface area contributed by atoms with Crippen molar-refractivity contribution >= 4 is 17.6 Å². The molecule has 0 bridgehead atoms. The third-order valence-electron chi connectivity index (χ3n) is 5.06. The minimum Gasteiger partial charge on any atom is -0.497 e. The molecule has 1 amide bonds. The minimum absolute atomic E-state index is 0.384. The number of carbonyl (C=O) groups is 2. The highest BCUT2D eigenvalue weighted by atomic mass is 16.5. The summed E-state index contributed by atoms with van der Waals surface area (Å²) < 4.78 is 10.4. The van der Waals surface area contributed by atoms with Crippen molar-refractivity contribution in [1.82, 2.24) is 4.90 Å². The maximum absolute atomic E-state index is 12.4. The van der Waals surface area contributed by atoms with Crippen LogP contribution in [-0.4, -0.2) is 43.1 Å². The maximum atomic E-state index is 12.4. The molecule has 2 aromatic rings. The summed E-state index contributed by atoms with van der Waals surface area (Å²) in [6.07, 6.45) is 2.91. The summed E-state index contributed by atoms with van der Waals surface area (Å²) in [5.41, 5.74) is 2.23. The number of rotatable bonds is 7. The molecule has 0 unspecified atom stereocenters. The van der Waals surface area contributed by atoms with E-state index < -0.39 is 12.1 Å². The number of piperidine rings is 1. The van der Waals surface area contributed by atoms with E-state index in [2.05, 4.69) is 10.2 Å². The zero-order valence-electron chi connectivity index (χ0n) is 17.0. The van der Waals surface area contributed by atoms with E-state index >= 15 is 0 Å². The van der Waals surface area contributed by atoms with Gasteiger partial charge in [0.15, 0.2) is 6.10 Å². The van der Waals surface area contributed by atoms with Crippen molar-refractivity contribution in [2.45, 2.75) is 38.8 Å². The van der Waals surface area contributed by atoms with Crippen LogP contribution in [0.3, 0.4) is 0 Å². The third kappa shape index (κ3) is 6.06. The van der Waals surface area contributed by atoms with Crippen LogP contribution in [0.4, 0.5) is 5.69 Å². The molecule has 1 N–H and O–H groups in total. The highest BCUT2D eigenvalue weighted by Gasteiger charge is 2.19. The number of carbonyl (C=O) groups excluding carboxylic acids is 2. The van der Waals surface area contributed by atoms with Crippen molar-refractivity contribution < 1.29 is 19.1 Å². The molecule has 1 fully saturated rings. The highest BCUT2D eigenvalue weighted by molar-refractivity contribution is 5.97. The van der Waals surface area contributed by atoms with Crippen LogP contribution < -0.4 is 10.1 Å². The average molecular weight is 396 g/mol. The van der Waals surface area contributed by atoms with Gasteiger partial charge in [0.2, 0.25) is 0 Å². The molecule has 3 rings (SSSR count). The van der Waals surface area contributed by atoms with Gasteiger partial charge in [-0.2, -0.15) is 0 Å². The molecule has 0 radical (unpaired) electrons. The molecule has 0 spiro atoms. The third-order valence-corrected chi connectivity index (χ3v) is 5.06. The average Bonchev–Trinajstić information content (AvgIpc) is 2.75. The predicted molar refractivity (Wildman–Crippen MR) is 112 cm³/mol. The van der Waals surface area contributed by atoms with Crippen molar-refractivity contribution in [3.05, 3.63) is 59.7 Å². The largest absolute Gasteiger partial charge is 0.497 e. The van der Waals surface area contributed by atoms with E-state index in [9.17, 15) is 9.59 Å². The molecular weight excluding hydrogens is 368 g/mol. The van der Waals surface area contributed by atoms with E-state index in [-0.39, 0.29) is 5.91 Å². The Kier molecular flexibility index (Phi) is 7.25. The molecule has 0 aromatic heterocycles. The van der Waals surface area contributed by atoms with E-state index in [1.54, 1.807) is 50.4 Å². The van der Waals surface area contributed by atoms with Crippen LogP contribution in [0.1, 0.15) is 42.1 Å². The SMILES string of the molecule is COc1ccc(NC(=O)[C@H](C)OC(=O)c2ccc(CN3CCCCC3)cc2)cc1. The van der Waals surface area contributed by atoms with Crippen molar-refractivity contribution in [3.63, 3.8) is 0 Å². The molecular formula is C23H28N2O4. The lowest BCUT2D eigenvalue weighted by molar-refractivity contribution is -0.123. The summed E-state index contributed by atoms with van der Waals surface area (Å²) in [5.74, 6) is -0.191. The zero-order valence-corrected chi connectivity index (χ0v) is 17.0. The normalized spacial score (nSPS) is 15.4. The van der Waals surface area contributed by atoms with Gasteiger partial charge in [-0.25, -0.2) is 4.79 Å². The molecule has 2 aromatic carbocycles. The smallest absolute Gasteiger partial charge is 0.338 e. The van der Waals surface area contributed by atoms with E-state index in [4.69, 9.17) is 9.47 Å². The summed E-state index contributed by atoms with van der Waals surface area (Å²) in [7, 11) is 1.58. The monoisotopic (exact) mass is 396 g/mol. The fourth-order valence-corrected chi connectivity index (χ4v) is 3.32. The molecule has 1 aliphatic heterocycles. The van der Waals surface area contributed by atoms with E-state index in [0.29, 0.717) is 17.0 Å². The summed E-state index contributed by atoms with van der Waals surface area (Å²) in [6, 6.07) is 14.4. The molecule has 6 heteroatoms. The van der Waals surface area contributed by atoms with Crippen LogP contribution >= 0.6 is 0 Å². The van der Waals surface area contributed by atoms with E-state index in [1.807, 2.05) is 12.1 Å². The summed E-state index contributed by atoms with van der Waals surface area (Å²) in [6.45, 7) is 4.71. The first-order valence-electron chi connectivity index (χ1n) is 10.0. The minimum atomic E-state index is -0.905. The Bertz CT molecular complexity index is 812. The van der Waals surface area contributed by atoms with E-state index in [0.717, 1.165) is 19.6 Å². The van der Waals surface area contributed by atoms with Gasteiger partial charge >= 0.3 is 5.97 Å². The van der Waals surface area contributed by atoms with Gasteiger partial charge in [-0.15, -0.1) is 0 Å². The summed E-state index contributed by atoms with van der Waals surface area (Å²) in [5, 5.41) is 2.73. The number of amides is 1. The van der Waals surface area contributed by atoms with Crippen LogP contribution in [0.5, 0.6) is 5.75 Å². The first-order chi connectivity index (χ1) is 14.0. The van der Waals surface area contributed by atoms with Crippen LogP contribution in [0.15, 0.2) is 48.5 Å². The topological polar surface area (TPSA) is 67.9 Å². The molecule has 1 atom stereocenters. The molecule has 1 saturated heterocycles. The lowest BCUT2D eigenvalue weighted by atomic mass is 10.1. The Morgan fingerprint density at radius 2 is 1.66 bits per heavy atom. The number of methoxy groups -OCH3 is 1. The first-order valence-corrected chi connectivity index (χ1v) is 10.0. The maximum Gasteiger partial charge on any atom is 0.338 e. The second-order valence-corrected chi connectivity index (χ2v) is 7.30. The standard InChI is InChI=1S/C23H28N2O4/c1-17(22(26)24-20-10-12-21(28-2)13-11-20)29-23(27)19-8-6-18(7-9-19)16-25-14-4-3-5-15-25/h6-13,17H,3-5,14-16H2,1-2H3,(H,24,26)/t17-/m0/s1.